The van der Waals surface area contributed by atoms with E-state index in [1.807, 2.05) is 30.5 Å². The summed E-state index contributed by atoms with van der Waals surface area (Å²) in [5.41, 5.74) is 9.27. The molecule has 5 heterocycles. The average Bonchev–Trinajstić information content (AvgIpc) is 3.62. The van der Waals surface area contributed by atoms with Crippen LogP contribution < -0.4 is 15.5 Å². The molecule has 3 atom stereocenters. The standard InChI is InChI=1S/C27H26F3N7/c28-17-1-6-24(30)23(11-17)25-12-18(29)15-36(25)27-8-7-26-33-14-22(37(26)34-27)5-3-20-2-4-21(13-32-20)35-10-9-19(31)16-35/h1-8,11,13-14,18-19,25H,9-10,12,15-16,31H2/b5-3+/t18-,19?,25+/m0/s1. The van der Waals surface area contributed by atoms with Crippen molar-refractivity contribution >= 4 is 29.3 Å². The summed E-state index contributed by atoms with van der Waals surface area (Å²) in [6.45, 7) is 1.80. The van der Waals surface area contributed by atoms with Crippen molar-refractivity contribution in [2.45, 2.75) is 31.1 Å². The number of alkyl halides is 1. The van der Waals surface area contributed by atoms with Gasteiger partial charge in [0, 0.05) is 31.1 Å². The van der Waals surface area contributed by atoms with Gasteiger partial charge in [-0.1, -0.05) is 0 Å². The fourth-order valence-electron chi connectivity index (χ4n) is 5.13. The monoisotopic (exact) mass is 505 g/mol. The molecule has 2 aliphatic rings. The zero-order valence-corrected chi connectivity index (χ0v) is 20.0. The van der Waals surface area contributed by atoms with Crippen molar-refractivity contribution in [3.63, 3.8) is 0 Å². The lowest BCUT2D eigenvalue weighted by Crippen LogP contribution is -2.26. The number of nitrogens with two attached hydrogens (primary N) is 1. The van der Waals surface area contributed by atoms with Gasteiger partial charge in [-0.05, 0) is 61.0 Å². The van der Waals surface area contributed by atoms with E-state index in [1.54, 1.807) is 27.7 Å². The summed E-state index contributed by atoms with van der Waals surface area (Å²) in [6, 6.07) is 10.3. The van der Waals surface area contributed by atoms with Crippen LogP contribution in [-0.2, 0) is 0 Å². The number of aromatic nitrogens is 4. The second kappa shape index (κ2) is 9.51. The molecule has 0 spiro atoms. The molecule has 2 fully saturated rings. The van der Waals surface area contributed by atoms with Crippen LogP contribution in [0.25, 0.3) is 17.8 Å². The molecule has 37 heavy (non-hydrogen) atoms. The van der Waals surface area contributed by atoms with Crippen molar-refractivity contribution in [2.24, 2.45) is 5.73 Å². The maximum Gasteiger partial charge on any atom is 0.154 e. The van der Waals surface area contributed by atoms with Gasteiger partial charge in [-0.3, -0.25) is 4.98 Å². The number of anilines is 2. The summed E-state index contributed by atoms with van der Waals surface area (Å²) in [4.78, 5) is 12.8. The van der Waals surface area contributed by atoms with E-state index in [0.717, 1.165) is 49.1 Å². The molecule has 0 saturated carbocycles. The lowest BCUT2D eigenvalue weighted by molar-refractivity contribution is 0.355. The van der Waals surface area contributed by atoms with Crippen molar-refractivity contribution < 1.29 is 13.2 Å². The van der Waals surface area contributed by atoms with E-state index in [-0.39, 0.29) is 24.6 Å². The zero-order valence-electron chi connectivity index (χ0n) is 20.0. The Morgan fingerprint density at radius 2 is 1.86 bits per heavy atom. The predicted octanol–water partition coefficient (Wildman–Crippen LogP) is 4.40. The molecule has 1 unspecified atom stereocenters. The molecule has 10 heteroatoms. The number of benzene rings is 1. The molecule has 0 radical (unpaired) electrons. The molecule has 4 aromatic rings. The minimum absolute atomic E-state index is 0.0389. The molecule has 2 aliphatic heterocycles. The van der Waals surface area contributed by atoms with Crippen LogP contribution in [0.2, 0.25) is 0 Å². The maximum atomic E-state index is 14.5. The molecule has 1 aromatic carbocycles. The zero-order chi connectivity index (χ0) is 25.5. The highest BCUT2D eigenvalue weighted by atomic mass is 19.1. The summed E-state index contributed by atoms with van der Waals surface area (Å²) in [7, 11) is 0. The Morgan fingerprint density at radius 3 is 2.65 bits per heavy atom. The van der Waals surface area contributed by atoms with Crippen LogP contribution >= 0.6 is 0 Å². The first-order valence-electron chi connectivity index (χ1n) is 12.3. The predicted molar refractivity (Wildman–Crippen MR) is 137 cm³/mol. The van der Waals surface area contributed by atoms with Crippen molar-refractivity contribution in [2.75, 3.05) is 29.4 Å². The highest BCUT2D eigenvalue weighted by molar-refractivity contribution is 5.68. The molecule has 0 aliphatic carbocycles. The van der Waals surface area contributed by atoms with Gasteiger partial charge < -0.3 is 15.5 Å². The minimum Gasteiger partial charge on any atom is -0.369 e. The molecule has 0 bridgehead atoms. The normalized spacial score (nSPS) is 22.1. The third-order valence-electron chi connectivity index (χ3n) is 7.02. The fraction of sp³-hybridized carbons (Fsp3) is 0.296. The van der Waals surface area contributed by atoms with Crippen LogP contribution in [0.15, 0.2) is 54.9 Å². The summed E-state index contributed by atoms with van der Waals surface area (Å²) in [6.07, 6.45) is 7.11. The Balaban J connectivity index is 1.26. The number of rotatable bonds is 5. The lowest BCUT2D eigenvalue weighted by Gasteiger charge is -2.26. The molecule has 2 saturated heterocycles. The van der Waals surface area contributed by atoms with Gasteiger partial charge >= 0.3 is 0 Å². The van der Waals surface area contributed by atoms with Crippen LogP contribution in [0.1, 0.15) is 35.8 Å². The molecular weight excluding hydrogens is 479 g/mol. The number of hydrogen-bond donors (Lipinski definition) is 1. The van der Waals surface area contributed by atoms with E-state index in [4.69, 9.17) is 5.73 Å². The van der Waals surface area contributed by atoms with Gasteiger partial charge in [0.25, 0.3) is 0 Å². The highest BCUT2D eigenvalue weighted by Gasteiger charge is 2.36. The van der Waals surface area contributed by atoms with E-state index in [9.17, 15) is 13.2 Å². The summed E-state index contributed by atoms with van der Waals surface area (Å²) >= 11 is 0. The highest BCUT2D eigenvalue weighted by Crippen LogP contribution is 2.38. The Kier molecular flexibility index (Phi) is 6.03. The Bertz CT molecular complexity index is 1450. The second-order valence-corrected chi connectivity index (χ2v) is 9.58. The molecule has 6 rings (SSSR count). The smallest absolute Gasteiger partial charge is 0.154 e. The lowest BCUT2D eigenvalue weighted by atomic mass is 10.0. The van der Waals surface area contributed by atoms with E-state index >= 15 is 0 Å². The van der Waals surface area contributed by atoms with Crippen LogP contribution in [0.4, 0.5) is 24.7 Å². The Labute approximate surface area is 212 Å². The van der Waals surface area contributed by atoms with Gasteiger partial charge in [-0.15, -0.1) is 5.10 Å². The molecule has 2 N–H and O–H groups in total. The largest absolute Gasteiger partial charge is 0.369 e. The Hall–Kier alpha value is -3.92. The Morgan fingerprint density at radius 1 is 0.973 bits per heavy atom. The maximum absolute atomic E-state index is 14.5. The topological polar surface area (TPSA) is 75.6 Å². The number of halogens is 3. The van der Waals surface area contributed by atoms with Gasteiger partial charge in [-0.2, -0.15) is 0 Å². The summed E-state index contributed by atoms with van der Waals surface area (Å²) in [5.74, 6) is -0.668. The van der Waals surface area contributed by atoms with E-state index in [1.165, 1.54) is 0 Å². The first-order valence-corrected chi connectivity index (χ1v) is 12.3. The van der Waals surface area contributed by atoms with E-state index in [0.29, 0.717) is 17.2 Å². The van der Waals surface area contributed by atoms with Gasteiger partial charge in [0.15, 0.2) is 5.65 Å². The number of fused-ring (bicyclic) bond motifs is 1. The summed E-state index contributed by atoms with van der Waals surface area (Å²) < 4.78 is 44.5. The molecule has 3 aromatic heterocycles. The van der Waals surface area contributed by atoms with Crippen molar-refractivity contribution in [1.29, 1.82) is 0 Å². The van der Waals surface area contributed by atoms with Crippen molar-refractivity contribution in [3.05, 3.63) is 83.4 Å². The van der Waals surface area contributed by atoms with Crippen molar-refractivity contribution in [3.8, 4) is 0 Å². The summed E-state index contributed by atoms with van der Waals surface area (Å²) in [5, 5.41) is 4.67. The molecule has 190 valence electrons. The number of pyridine rings is 1. The fourth-order valence-corrected chi connectivity index (χ4v) is 5.13. The van der Waals surface area contributed by atoms with Crippen LogP contribution in [0, 0.1) is 11.6 Å². The van der Waals surface area contributed by atoms with Gasteiger partial charge in [0.1, 0.15) is 23.6 Å². The SMILES string of the molecule is NC1CCN(c2ccc(/C=C/c3cnc4ccc(N5C[C@@H](F)C[C@@H]5c5cc(F)ccc5F)nn34)nc2)C1. The van der Waals surface area contributed by atoms with Gasteiger partial charge in [-0.25, -0.2) is 22.7 Å². The molecule has 0 amide bonds. The molecular formula is C27H26F3N7. The third-order valence-corrected chi connectivity index (χ3v) is 7.02. The quantitative estimate of drug-likeness (QED) is 0.433. The number of imidazole rings is 1. The average molecular weight is 506 g/mol. The minimum atomic E-state index is -1.18. The van der Waals surface area contributed by atoms with Crippen LogP contribution in [0.3, 0.4) is 0 Å². The molecule has 7 nitrogen and oxygen atoms in total. The van der Waals surface area contributed by atoms with Crippen molar-refractivity contribution in [1.82, 2.24) is 19.6 Å². The van der Waals surface area contributed by atoms with E-state index < -0.39 is 23.8 Å². The van der Waals surface area contributed by atoms with Gasteiger partial charge in [0.05, 0.1) is 42.1 Å². The van der Waals surface area contributed by atoms with Crippen LogP contribution in [0.5, 0.6) is 0 Å². The first kappa shape index (κ1) is 23.5. The number of nitrogens with zero attached hydrogens (tertiary/aromatic N) is 6. The van der Waals surface area contributed by atoms with Crippen LogP contribution in [-0.4, -0.2) is 51.4 Å². The number of hydrogen-bond acceptors (Lipinski definition) is 6. The van der Waals surface area contributed by atoms with Gasteiger partial charge in [0.2, 0.25) is 0 Å². The second-order valence-electron chi connectivity index (χ2n) is 9.58. The van der Waals surface area contributed by atoms with E-state index in [2.05, 4.69) is 20.0 Å². The first-order chi connectivity index (χ1) is 17.9. The third kappa shape index (κ3) is 4.64.